The minimum absolute atomic E-state index is 0.0241. The smallest absolute Gasteiger partial charge is 0.160 e. The van der Waals surface area contributed by atoms with E-state index in [1.54, 1.807) is 6.07 Å². The van der Waals surface area contributed by atoms with Crippen LogP contribution in [0.4, 0.5) is 0 Å². The van der Waals surface area contributed by atoms with Crippen LogP contribution >= 0.6 is 0 Å². The first kappa shape index (κ1) is 17.8. The number of rotatable bonds is 12. The first-order chi connectivity index (χ1) is 10.3. The lowest BCUT2D eigenvalue weighted by Crippen LogP contribution is -1.97. The van der Waals surface area contributed by atoms with E-state index in [4.69, 9.17) is 4.74 Å². The van der Waals surface area contributed by atoms with Crippen LogP contribution in [-0.4, -0.2) is 23.4 Å². The van der Waals surface area contributed by atoms with Crippen molar-refractivity contribution in [3.63, 3.8) is 0 Å². The fraction of sp³-hybridized carbons (Fsp3) is 0.667. The van der Waals surface area contributed by atoms with Crippen molar-refractivity contribution in [2.75, 3.05) is 13.2 Å². The molecule has 0 aliphatic rings. The van der Waals surface area contributed by atoms with Crippen molar-refractivity contribution in [3.8, 4) is 11.5 Å². The summed E-state index contributed by atoms with van der Waals surface area (Å²) in [4.78, 5) is 0. The third-order valence-electron chi connectivity index (χ3n) is 3.73. The van der Waals surface area contributed by atoms with Crippen molar-refractivity contribution < 1.29 is 14.9 Å². The molecule has 0 aromatic heterocycles. The van der Waals surface area contributed by atoms with Gasteiger partial charge in [0.25, 0.3) is 0 Å². The number of aromatic hydroxyl groups is 2. The van der Waals surface area contributed by atoms with Crippen molar-refractivity contribution >= 4 is 0 Å². The topological polar surface area (TPSA) is 49.7 Å². The molecule has 3 heteroatoms. The number of hydrogen-bond donors (Lipinski definition) is 2. The zero-order chi connectivity index (χ0) is 15.3. The number of unbranched alkanes of at least 4 members (excludes halogenated alkanes) is 6. The first-order valence-corrected chi connectivity index (χ1v) is 8.33. The number of hydrogen-bond acceptors (Lipinski definition) is 3. The molecule has 0 heterocycles. The molecule has 1 aromatic carbocycles. The van der Waals surface area contributed by atoms with Crippen LogP contribution in [0.3, 0.4) is 0 Å². The predicted molar refractivity (Wildman–Crippen MR) is 86.9 cm³/mol. The van der Waals surface area contributed by atoms with E-state index in [0.717, 1.165) is 50.9 Å². The van der Waals surface area contributed by atoms with E-state index in [1.165, 1.54) is 31.7 Å². The minimum atomic E-state index is -0.0241. The second-order valence-electron chi connectivity index (χ2n) is 5.62. The molecule has 0 radical (unpaired) electrons. The maximum absolute atomic E-state index is 9.69. The quantitative estimate of drug-likeness (QED) is 0.430. The van der Waals surface area contributed by atoms with Crippen LogP contribution in [0.5, 0.6) is 11.5 Å². The molecule has 0 aliphatic heterocycles. The summed E-state index contributed by atoms with van der Waals surface area (Å²) >= 11 is 0. The lowest BCUT2D eigenvalue weighted by atomic mass is 10.0. The molecule has 0 bridgehead atoms. The van der Waals surface area contributed by atoms with Crippen LogP contribution in [0.25, 0.3) is 0 Å². The number of para-hydroxylation sites is 1. The molecule has 0 amide bonds. The zero-order valence-electron chi connectivity index (χ0n) is 13.3. The molecule has 0 unspecified atom stereocenters. The highest BCUT2D eigenvalue weighted by molar-refractivity contribution is 5.44. The highest BCUT2D eigenvalue weighted by Crippen LogP contribution is 2.29. The fourth-order valence-corrected chi connectivity index (χ4v) is 2.39. The summed E-state index contributed by atoms with van der Waals surface area (Å²) in [6, 6.07) is 5.15. The Morgan fingerprint density at radius 2 is 1.52 bits per heavy atom. The van der Waals surface area contributed by atoms with Gasteiger partial charge in [-0.3, -0.25) is 0 Å². The van der Waals surface area contributed by atoms with Gasteiger partial charge in [-0.1, -0.05) is 51.2 Å². The third kappa shape index (κ3) is 7.96. The monoisotopic (exact) mass is 294 g/mol. The van der Waals surface area contributed by atoms with E-state index in [0.29, 0.717) is 0 Å². The van der Waals surface area contributed by atoms with Gasteiger partial charge in [0.1, 0.15) is 0 Å². The van der Waals surface area contributed by atoms with Crippen LogP contribution in [-0.2, 0) is 11.2 Å². The van der Waals surface area contributed by atoms with Gasteiger partial charge in [-0.25, -0.2) is 0 Å². The summed E-state index contributed by atoms with van der Waals surface area (Å²) in [5, 5.41) is 19.1. The molecule has 0 spiro atoms. The van der Waals surface area contributed by atoms with Crippen LogP contribution in [0.15, 0.2) is 18.2 Å². The van der Waals surface area contributed by atoms with E-state index in [2.05, 4.69) is 6.92 Å². The zero-order valence-corrected chi connectivity index (χ0v) is 13.3. The first-order valence-electron chi connectivity index (χ1n) is 8.33. The summed E-state index contributed by atoms with van der Waals surface area (Å²) in [7, 11) is 0. The Bertz CT molecular complexity index is 377. The second-order valence-corrected chi connectivity index (χ2v) is 5.62. The van der Waals surface area contributed by atoms with E-state index < -0.39 is 0 Å². The lowest BCUT2D eigenvalue weighted by Gasteiger charge is -2.06. The van der Waals surface area contributed by atoms with Gasteiger partial charge in [-0.2, -0.15) is 0 Å². The Morgan fingerprint density at radius 3 is 2.24 bits per heavy atom. The largest absolute Gasteiger partial charge is 0.504 e. The number of ether oxygens (including phenoxy) is 1. The standard InChI is InChI=1S/C18H30O3/c1-2-3-4-8-14-21-15-9-6-5-7-11-16-12-10-13-17(19)18(16)20/h10,12-13,19-20H,2-9,11,14-15H2,1H3. The molecule has 0 saturated heterocycles. The summed E-state index contributed by atoms with van der Waals surface area (Å²) in [5.41, 5.74) is 0.835. The Balaban J connectivity index is 1.94. The van der Waals surface area contributed by atoms with Gasteiger partial charge in [-0.15, -0.1) is 0 Å². The van der Waals surface area contributed by atoms with Gasteiger partial charge < -0.3 is 14.9 Å². The van der Waals surface area contributed by atoms with Crippen LogP contribution in [0, 0.1) is 0 Å². The van der Waals surface area contributed by atoms with E-state index >= 15 is 0 Å². The van der Waals surface area contributed by atoms with Crippen molar-refractivity contribution in [2.24, 2.45) is 0 Å². The Morgan fingerprint density at radius 1 is 0.857 bits per heavy atom. The van der Waals surface area contributed by atoms with Gasteiger partial charge in [0.2, 0.25) is 0 Å². The van der Waals surface area contributed by atoms with Gasteiger partial charge in [0, 0.05) is 13.2 Å². The molecular formula is C18H30O3. The highest BCUT2D eigenvalue weighted by Gasteiger charge is 2.04. The van der Waals surface area contributed by atoms with Gasteiger partial charge >= 0.3 is 0 Å². The van der Waals surface area contributed by atoms with Gasteiger partial charge in [-0.05, 0) is 37.3 Å². The molecular weight excluding hydrogens is 264 g/mol. The molecule has 0 saturated carbocycles. The van der Waals surface area contributed by atoms with Crippen LogP contribution in [0.2, 0.25) is 0 Å². The average Bonchev–Trinajstić information content (AvgIpc) is 2.49. The van der Waals surface area contributed by atoms with E-state index in [-0.39, 0.29) is 11.5 Å². The Labute approximate surface area is 129 Å². The lowest BCUT2D eigenvalue weighted by molar-refractivity contribution is 0.126. The summed E-state index contributed by atoms with van der Waals surface area (Å²) in [5.74, 6) is 0.0110. The second kappa shape index (κ2) is 11.4. The maximum Gasteiger partial charge on any atom is 0.160 e. The third-order valence-corrected chi connectivity index (χ3v) is 3.73. The van der Waals surface area contributed by atoms with Crippen molar-refractivity contribution in [1.82, 2.24) is 0 Å². The Hall–Kier alpha value is -1.22. The van der Waals surface area contributed by atoms with Gasteiger partial charge in [0.15, 0.2) is 11.5 Å². The van der Waals surface area contributed by atoms with Crippen LogP contribution < -0.4 is 0 Å². The normalized spacial score (nSPS) is 10.9. The fourth-order valence-electron chi connectivity index (χ4n) is 2.39. The number of phenolic OH excluding ortho intramolecular Hbond substituents is 2. The van der Waals surface area contributed by atoms with Crippen molar-refractivity contribution in [1.29, 1.82) is 0 Å². The average molecular weight is 294 g/mol. The minimum Gasteiger partial charge on any atom is -0.504 e. The molecule has 2 N–H and O–H groups in total. The molecule has 1 aromatic rings. The van der Waals surface area contributed by atoms with Crippen molar-refractivity contribution in [3.05, 3.63) is 23.8 Å². The maximum atomic E-state index is 9.69. The summed E-state index contributed by atoms with van der Waals surface area (Å²) in [6.07, 6.45) is 10.3. The summed E-state index contributed by atoms with van der Waals surface area (Å²) < 4.78 is 5.61. The molecule has 0 fully saturated rings. The molecule has 120 valence electrons. The molecule has 3 nitrogen and oxygen atoms in total. The van der Waals surface area contributed by atoms with Crippen LogP contribution in [0.1, 0.15) is 63.9 Å². The van der Waals surface area contributed by atoms with E-state index in [9.17, 15) is 10.2 Å². The number of phenols is 2. The van der Waals surface area contributed by atoms with Gasteiger partial charge in [0.05, 0.1) is 0 Å². The summed E-state index contributed by atoms with van der Waals surface area (Å²) in [6.45, 7) is 3.98. The highest BCUT2D eigenvalue weighted by atomic mass is 16.5. The number of aryl methyl sites for hydroxylation is 1. The molecule has 1 rings (SSSR count). The molecule has 0 atom stereocenters. The predicted octanol–water partition coefficient (Wildman–Crippen LogP) is 4.80. The SMILES string of the molecule is CCCCCCOCCCCCCc1cccc(O)c1O. The van der Waals surface area contributed by atoms with Crippen molar-refractivity contribution in [2.45, 2.75) is 64.7 Å². The molecule has 21 heavy (non-hydrogen) atoms. The molecule has 0 aliphatic carbocycles. The Kier molecular flexibility index (Phi) is 9.71. The van der Waals surface area contributed by atoms with E-state index in [1.807, 2.05) is 6.07 Å². The number of benzene rings is 1.